The minimum atomic E-state index is -4.81. The van der Waals surface area contributed by atoms with E-state index in [1.54, 1.807) is 20.9 Å². The van der Waals surface area contributed by atoms with Crippen molar-refractivity contribution in [3.8, 4) is 5.88 Å². The largest absolute Gasteiger partial charge is 0.504 e. The molecule has 0 fully saturated rings. The van der Waals surface area contributed by atoms with E-state index in [0.717, 1.165) is 6.20 Å². The second-order valence-corrected chi connectivity index (χ2v) is 9.84. The van der Waals surface area contributed by atoms with Crippen molar-refractivity contribution in [2.24, 2.45) is 0 Å². The number of amides is 2. The van der Waals surface area contributed by atoms with Crippen LogP contribution in [0.3, 0.4) is 0 Å². The molecular weight excluding hydrogens is 467 g/mol. The first-order chi connectivity index (χ1) is 15.3. The van der Waals surface area contributed by atoms with Crippen LogP contribution < -0.4 is 20.1 Å². The molecule has 0 spiro atoms. The number of aromatic nitrogens is 4. The third-order valence-corrected chi connectivity index (χ3v) is 6.33. The highest BCUT2D eigenvalue weighted by atomic mass is 32.2. The minimum absolute atomic E-state index is 0.0204. The maximum atomic E-state index is 13.5. The van der Waals surface area contributed by atoms with E-state index in [1.807, 2.05) is 4.72 Å². The summed E-state index contributed by atoms with van der Waals surface area (Å²) in [5, 5.41) is 12.9. The van der Waals surface area contributed by atoms with Crippen molar-refractivity contribution in [1.82, 2.24) is 29.6 Å². The highest BCUT2D eigenvalue weighted by Crippen LogP contribution is 2.37. The number of nitrogens with zero attached hydrogens (tertiary/aromatic N) is 4. The van der Waals surface area contributed by atoms with Gasteiger partial charge in [-0.1, -0.05) is 27.7 Å². The Morgan fingerprint density at radius 2 is 1.91 bits per heavy atom. The van der Waals surface area contributed by atoms with Gasteiger partial charge in [0, 0.05) is 0 Å². The molecule has 1 atom stereocenters. The number of likely N-dealkylation sites (N-methyl/N-ethyl adjacent to an activating group) is 1. The van der Waals surface area contributed by atoms with Gasteiger partial charge >= 0.3 is 12.3 Å². The lowest BCUT2D eigenvalue weighted by atomic mass is 10.0. The molecule has 3 N–H and O–H groups in total. The van der Waals surface area contributed by atoms with Crippen LogP contribution in [-0.4, -0.2) is 53.7 Å². The number of ether oxygens (including phenoxy) is 1. The van der Waals surface area contributed by atoms with E-state index in [4.69, 9.17) is 4.74 Å². The molecule has 0 bridgehead atoms. The molecule has 0 saturated carbocycles. The quantitative estimate of drug-likeness (QED) is 0.563. The predicted octanol–water partition coefficient (Wildman–Crippen LogP) is 2.29. The van der Waals surface area contributed by atoms with Gasteiger partial charge in [0.25, 0.3) is 10.0 Å². The Morgan fingerprint density at radius 1 is 1.24 bits per heavy atom. The van der Waals surface area contributed by atoms with Crippen molar-refractivity contribution in [3.63, 3.8) is 0 Å². The molecule has 0 aliphatic carbocycles. The summed E-state index contributed by atoms with van der Waals surface area (Å²) in [5.74, 6) is -1.18. The molecule has 11 nitrogen and oxygen atoms in total. The normalized spacial score (nSPS) is 16.6. The lowest BCUT2D eigenvalue weighted by Crippen LogP contribution is -2.40. The average molecular weight is 494 g/mol. The van der Waals surface area contributed by atoms with Gasteiger partial charge in [0.1, 0.15) is 6.61 Å². The Labute approximate surface area is 188 Å². The maximum absolute atomic E-state index is 13.5. The molecule has 2 amide bonds. The second kappa shape index (κ2) is 8.85. The van der Waals surface area contributed by atoms with Crippen LogP contribution in [0.15, 0.2) is 11.1 Å². The first kappa shape index (κ1) is 24.8. The molecule has 3 rings (SSSR count). The van der Waals surface area contributed by atoms with Crippen LogP contribution in [0.25, 0.3) is 0 Å². The lowest BCUT2D eigenvalue weighted by Gasteiger charge is -2.24. The zero-order valence-corrected chi connectivity index (χ0v) is 19.5. The third kappa shape index (κ3) is 4.93. The van der Waals surface area contributed by atoms with Crippen LogP contribution in [0.1, 0.15) is 50.9 Å². The molecular formula is C18H26F3N7O4S. The third-order valence-electron chi connectivity index (χ3n) is 5.02. The van der Waals surface area contributed by atoms with E-state index < -0.39 is 34.2 Å². The Hall–Kier alpha value is -2.81. The fraction of sp³-hybridized carbons (Fsp3) is 0.611. The molecule has 0 aromatic carbocycles. The molecule has 2 aromatic rings. The molecule has 15 heteroatoms. The van der Waals surface area contributed by atoms with Crippen LogP contribution in [0.2, 0.25) is 0 Å². The Balaban J connectivity index is 1.90. The van der Waals surface area contributed by atoms with E-state index in [9.17, 15) is 26.4 Å². The van der Waals surface area contributed by atoms with Crippen molar-refractivity contribution >= 4 is 21.7 Å². The number of fused-ring (bicyclic) bond motifs is 1. The van der Waals surface area contributed by atoms with Crippen molar-refractivity contribution in [3.05, 3.63) is 17.6 Å². The number of rotatable bonds is 6. The molecule has 0 radical (unpaired) electrons. The summed E-state index contributed by atoms with van der Waals surface area (Å²) >= 11 is 0. The van der Waals surface area contributed by atoms with Gasteiger partial charge in [-0.25, -0.2) is 22.6 Å². The summed E-state index contributed by atoms with van der Waals surface area (Å²) in [5.41, 5.74) is -0.494. The van der Waals surface area contributed by atoms with Crippen LogP contribution in [0.5, 0.6) is 5.88 Å². The summed E-state index contributed by atoms with van der Waals surface area (Å²) < 4.78 is 74.7. The van der Waals surface area contributed by atoms with Crippen molar-refractivity contribution < 1.29 is 31.1 Å². The standard InChI is InChI=1S/C18H26F3N7O4S/c1-9(2)13-14(15(10(3)4)28(25-13)18(19,20)21)24-17(29)26-33(30,31)12-6-23-27-7-11(22-5)8-32-16(12)27/h6,9-11,22H,7-8H2,1-5H3,(H2,24,26,29)/t11-/m0/s1. The number of carbonyl (C=O) groups is 1. The van der Waals surface area contributed by atoms with Gasteiger partial charge in [-0.2, -0.15) is 14.9 Å². The summed E-state index contributed by atoms with van der Waals surface area (Å²) in [6.07, 6.45) is -3.77. The highest BCUT2D eigenvalue weighted by Gasteiger charge is 2.39. The smallest absolute Gasteiger partial charge is 0.475 e. The maximum Gasteiger partial charge on any atom is 0.504 e. The van der Waals surface area contributed by atoms with E-state index in [1.165, 1.54) is 18.5 Å². The predicted molar refractivity (Wildman–Crippen MR) is 112 cm³/mol. The van der Waals surface area contributed by atoms with E-state index >= 15 is 0 Å². The number of nitrogens with one attached hydrogen (secondary N) is 3. The fourth-order valence-corrected chi connectivity index (χ4v) is 4.44. The number of anilines is 1. The lowest BCUT2D eigenvalue weighted by molar-refractivity contribution is -0.214. The molecule has 0 saturated heterocycles. The zero-order valence-electron chi connectivity index (χ0n) is 18.7. The topological polar surface area (TPSA) is 132 Å². The molecule has 1 aliphatic rings. The van der Waals surface area contributed by atoms with Gasteiger partial charge in [0.2, 0.25) is 5.88 Å². The van der Waals surface area contributed by atoms with Crippen molar-refractivity contribution in [1.29, 1.82) is 0 Å². The Morgan fingerprint density at radius 3 is 2.45 bits per heavy atom. The SMILES string of the molecule is CN[C@@H]1COc2c(S(=O)(=O)NC(=O)Nc3c(C(C)C)nn(C(F)(F)F)c3C(C)C)cnn2C1. The van der Waals surface area contributed by atoms with Gasteiger partial charge in [0.05, 0.1) is 35.9 Å². The molecule has 0 unspecified atom stereocenters. The Kier molecular flexibility index (Phi) is 6.66. The molecule has 3 heterocycles. The Bertz CT molecular complexity index is 1140. The highest BCUT2D eigenvalue weighted by molar-refractivity contribution is 7.90. The average Bonchev–Trinajstić information content (AvgIpc) is 3.28. The number of urea groups is 1. The summed E-state index contributed by atoms with van der Waals surface area (Å²) in [4.78, 5) is 12.2. The van der Waals surface area contributed by atoms with Crippen LogP contribution in [-0.2, 0) is 22.9 Å². The molecule has 33 heavy (non-hydrogen) atoms. The minimum Gasteiger partial charge on any atom is -0.475 e. The van der Waals surface area contributed by atoms with Gasteiger partial charge in [-0.05, 0) is 18.9 Å². The second-order valence-electron chi connectivity index (χ2n) is 8.19. The van der Waals surface area contributed by atoms with Gasteiger partial charge in [0.15, 0.2) is 4.90 Å². The van der Waals surface area contributed by atoms with Crippen molar-refractivity contribution in [2.45, 2.75) is 63.3 Å². The number of halogens is 3. The summed E-state index contributed by atoms with van der Waals surface area (Å²) in [6.45, 7) is 6.81. The number of sulfonamides is 1. The molecule has 1 aliphatic heterocycles. The first-order valence-electron chi connectivity index (χ1n) is 10.2. The van der Waals surface area contributed by atoms with Gasteiger partial charge < -0.3 is 15.4 Å². The molecule has 2 aromatic heterocycles. The van der Waals surface area contributed by atoms with Crippen molar-refractivity contribution in [2.75, 3.05) is 19.0 Å². The zero-order chi connectivity index (χ0) is 24.7. The van der Waals surface area contributed by atoms with Gasteiger partial charge in [-0.3, -0.25) is 0 Å². The number of hydrogen-bond acceptors (Lipinski definition) is 7. The van der Waals surface area contributed by atoms with Crippen LogP contribution in [0.4, 0.5) is 23.7 Å². The first-order valence-corrected chi connectivity index (χ1v) is 11.6. The van der Waals surface area contributed by atoms with Crippen LogP contribution in [0, 0.1) is 0 Å². The van der Waals surface area contributed by atoms with E-state index in [-0.39, 0.29) is 45.2 Å². The van der Waals surface area contributed by atoms with Gasteiger partial charge in [-0.15, -0.1) is 13.2 Å². The molecule has 184 valence electrons. The number of hydrogen-bond donors (Lipinski definition) is 3. The summed E-state index contributed by atoms with van der Waals surface area (Å²) in [6, 6.07) is -1.30. The number of carbonyl (C=O) groups excluding carboxylic acids is 1. The number of alkyl halides is 3. The monoisotopic (exact) mass is 493 g/mol. The van der Waals surface area contributed by atoms with E-state index in [0.29, 0.717) is 6.54 Å². The summed E-state index contributed by atoms with van der Waals surface area (Å²) in [7, 11) is -2.70. The van der Waals surface area contributed by atoms with Crippen LogP contribution >= 0.6 is 0 Å². The fourth-order valence-electron chi connectivity index (χ4n) is 3.46. The van der Waals surface area contributed by atoms with E-state index in [2.05, 4.69) is 20.8 Å².